The van der Waals surface area contributed by atoms with Crippen LogP contribution in [0.4, 0.5) is 0 Å². The number of aliphatic hydroxyl groups is 1. The number of hydrogen-bond acceptors (Lipinski definition) is 2. The van der Waals surface area contributed by atoms with Crippen LogP contribution in [-0.2, 0) is 13.5 Å². The Balaban J connectivity index is 2.30. The lowest BCUT2D eigenvalue weighted by Crippen LogP contribution is -2.09. The molecule has 3 heteroatoms. The minimum atomic E-state index is -0.165. The van der Waals surface area contributed by atoms with Crippen LogP contribution in [0.2, 0.25) is 0 Å². The first-order valence-electron chi connectivity index (χ1n) is 4.88. The molecule has 0 saturated heterocycles. The van der Waals surface area contributed by atoms with Crippen LogP contribution < -0.4 is 0 Å². The van der Waals surface area contributed by atoms with Crippen molar-refractivity contribution in [1.29, 1.82) is 0 Å². The van der Waals surface area contributed by atoms with Gasteiger partial charge in [-0.2, -0.15) is 0 Å². The zero-order chi connectivity index (χ0) is 9.68. The van der Waals surface area contributed by atoms with Gasteiger partial charge in [0, 0.05) is 25.9 Å². The summed E-state index contributed by atoms with van der Waals surface area (Å²) in [6, 6.07) is 0. The highest BCUT2D eigenvalue weighted by Crippen LogP contribution is 2.06. The number of aryl methyl sites for hydroxylation is 2. The summed E-state index contributed by atoms with van der Waals surface area (Å²) >= 11 is 0. The normalized spacial score (nSPS) is 13.2. The van der Waals surface area contributed by atoms with Crippen LogP contribution in [0.5, 0.6) is 0 Å². The van der Waals surface area contributed by atoms with Gasteiger partial charge < -0.3 is 9.67 Å². The molecular weight excluding hydrogens is 164 g/mol. The van der Waals surface area contributed by atoms with E-state index < -0.39 is 0 Å². The maximum absolute atomic E-state index is 9.50. The molecule has 1 unspecified atom stereocenters. The molecule has 1 rings (SSSR count). The molecule has 0 bridgehead atoms. The van der Waals surface area contributed by atoms with Crippen molar-refractivity contribution >= 4 is 0 Å². The first kappa shape index (κ1) is 10.3. The summed E-state index contributed by atoms with van der Waals surface area (Å²) in [6.07, 6.45) is 7.18. The van der Waals surface area contributed by atoms with Crippen LogP contribution in [0, 0.1) is 0 Å². The Hall–Kier alpha value is -0.830. The molecule has 1 heterocycles. The van der Waals surface area contributed by atoms with Gasteiger partial charge in [-0.1, -0.05) is 13.3 Å². The zero-order valence-corrected chi connectivity index (χ0v) is 8.40. The smallest absolute Gasteiger partial charge is 0.108 e. The molecular formula is C10H18N2O. The molecule has 1 N–H and O–H groups in total. The number of imidazole rings is 1. The predicted molar refractivity (Wildman–Crippen MR) is 52.4 cm³/mol. The largest absolute Gasteiger partial charge is 0.393 e. The van der Waals surface area contributed by atoms with Gasteiger partial charge in [0.2, 0.25) is 0 Å². The molecule has 74 valence electrons. The summed E-state index contributed by atoms with van der Waals surface area (Å²) in [6.45, 7) is 2.09. The van der Waals surface area contributed by atoms with Gasteiger partial charge in [0.15, 0.2) is 0 Å². The SMILES string of the molecule is CCCC(O)CCc1nccn1C. The summed E-state index contributed by atoms with van der Waals surface area (Å²) in [4.78, 5) is 4.20. The molecule has 13 heavy (non-hydrogen) atoms. The van der Waals surface area contributed by atoms with E-state index in [9.17, 15) is 5.11 Å². The third-order valence-corrected chi connectivity index (χ3v) is 2.24. The lowest BCUT2D eigenvalue weighted by molar-refractivity contribution is 0.153. The second-order valence-corrected chi connectivity index (χ2v) is 3.44. The summed E-state index contributed by atoms with van der Waals surface area (Å²) in [7, 11) is 1.98. The van der Waals surface area contributed by atoms with E-state index in [1.54, 1.807) is 6.20 Å². The van der Waals surface area contributed by atoms with E-state index in [4.69, 9.17) is 0 Å². The standard InChI is InChI=1S/C10H18N2O/c1-3-4-9(13)5-6-10-11-7-8-12(10)2/h7-9,13H,3-6H2,1-2H3. The summed E-state index contributed by atoms with van der Waals surface area (Å²) in [5.74, 6) is 1.05. The summed E-state index contributed by atoms with van der Waals surface area (Å²) < 4.78 is 2.00. The molecule has 1 aromatic heterocycles. The molecule has 0 aliphatic carbocycles. The molecule has 0 fully saturated rings. The van der Waals surface area contributed by atoms with Crippen molar-refractivity contribution in [1.82, 2.24) is 9.55 Å². The van der Waals surface area contributed by atoms with Crippen molar-refractivity contribution in [3.8, 4) is 0 Å². The number of hydrogen-bond donors (Lipinski definition) is 1. The Labute approximate surface area is 79.4 Å². The highest BCUT2D eigenvalue weighted by Gasteiger charge is 2.05. The van der Waals surface area contributed by atoms with Gasteiger partial charge in [0.05, 0.1) is 6.10 Å². The molecule has 3 nitrogen and oxygen atoms in total. The number of aliphatic hydroxyl groups excluding tert-OH is 1. The average molecular weight is 182 g/mol. The summed E-state index contributed by atoms with van der Waals surface area (Å²) in [5.41, 5.74) is 0. The fraction of sp³-hybridized carbons (Fsp3) is 0.700. The second-order valence-electron chi connectivity index (χ2n) is 3.44. The molecule has 0 radical (unpaired) electrons. The maximum atomic E-state index is 9.50. The Morgan fingerprint density at radius 1 is 1.54 bits per heavy atom. The van der Waals surface area contributed by atoms with Gasteiger partial charge in [-0.25, -0.2) is 4.98 Å². The van der Waals surface area contributed by atoms with Crippen LogP contribution in [-0.4, -0.2) is 20.8 Å². The lowest BCUT2D eigenvalue weighted by Gasteiger charge is -2.08. The van der Waals surface area contributed by atoms with E-state index in [1.807, 2.05) is 17.8 Å². The van der Waals surface area contributed by atoms with Crippen molar-refractivity contribution in [3.63, 3.8) is 0 Å². The van der Waals surface area contributed by atoms with Crippen LogP contribution in [0.25, 0.3) is 0 Å². The predicted octanol–water partition coefficient (Wildman–Crippen LogP) is 1.51. The molecule has 0 aromatic carbocycles. The van der Waals surface area contributed by atoms with E-state index in [0.29, 0.717) is 0 Å². The molecule has 0 aliphatic heterocycles. The zero-order valence-electron chi connectivity index (χ0n) is 8.40. The van der Waals surface area contributed by atoms with Gasteiger partial charge in [-0.15, -0.1) is 0 Å². The van der Waals surface area contributed by atoms with E-state index in [1.165, 1.54) is 0 Å². The topological polar surface area (TPSA) is 38.1 Å². The molecule has 1 aromatic rings. The fourth-order valence-corrected chi connectivity index (χ4v) is 1.41. The van der Waals surface area contributed by atoms with Gasteiger partial charge in [-0.05, 0) is 12.8 Å². The molecule has 0 spiro atoms. The lowest BCUT2D eigenvalue weighted by atomic mass is 10.1. The Kier molecular flexibility index (Phi) is 3.96. The van der Waals surface area contributed by atoms with E-state index in [-0.39, 0.29) is 6.10 Å². The van der Waals surface area contributed by atoms with Crippen molar-refractivity contribution in [3.05, 3.63) is 18.2 Å². The van der Waals surface area contributed by atoms with Gasteiger partial charge in [0.1, 0.15) is 5.82 Å². The maximum Gasteiger partial charge on any atom is 0.108 e. The van der Waals surface area contributed by atoms with Crippen LogP contribution in [0.15, 0.2) is 12.4 Å². The minimum Gasteiger partial charge on any atom is -0.393 e. The number of aromatic nitrogens is 2. The Morgan fingerprint density at radius 3 is 2.85 bits per heavy atom. The van der Waals surface area contributed by atoms with Crippen molar-refractivity contribution in [2.45, 2.75) is 38.7 Å². The summed E-state index contributed by atoms with van der Waals surface area (Å²) in [5, 5.41) is 9.50. The first-order chi connectivity index (χ1) is 6.24. The fourth-order valence-electron chi connectivity index (χ4n) is 1.41. The van der Waals surface area contributed by atoms with Gasteiger partial charge in [-0.3, -0.25) is 0 Å². The van der Waals surface area contributed by atoms with Crippen LogP contribution >= 0.6 is 0 Å². The minimum absolute atomic E-state index is 0.165. The molecule has 0 aliphatic rings. The average Bonchev–Trinajstić information content (AvgIpc) is 2.48. The quantitative estimate of drug-likeness (QED) is 0.749. The number of rotatable bonds is 5. The first-order valence-corrected chi connectivity index (χ1v) is 4.88. The monoisotopic (exact) mass is 182 g/mol. The van der Waals surface area contributed by atoms with Crippen LogP contribution in [0.3, 0.4) is 0 Å². The van der Waals surface area contributed by atoms with E-state index in [2.05, 4.69) is 11.9 Å². The van der Waals surface area contributed by atoms with Gasteiger partial charge in [0.25, 0.3) is 0 Å². The van der Waals surface area contributed by atoms with Crippen molar-refractivity contribution < 1.29 is 5.11 Å². The van der Waals surface area contributed by atoms with Crippen molar-refractivity contribution in [2.24, 2.45) is 7.05 Å². The molecule has 1 atom stereocenters. The van der Waals surface area contributed by atoms with Gasteiger partial charge >= 0.3 is 0 Å². The van der Waals surface area contributed by atoms with Crippen molar-refractivity contribution in [2.75, 3.05) is 0 Å². The Morgan fingerprint density at radius 2 is 2.31 bits per heavy atom. The second kappa shape index (κ2) is 5.02. The van der Waals surface area contributed by atoms with E-state index >= 15 is 0 Å². The highest BCUT2D eigenvalue weighted by atomic mass is 16.3. The third kappa shape index (κ3) is 3.19. The number of nitrogens with zero attached hydrogens (tertiary/aromatic N) is 2. The Bertz CT molecular complexity index is 245. The highest BCUT2D eigenvalue weighted by molar-refractivity contribution is 4.91. The van der Waals surface area contributed by atoms with E-state index in [0.717, 1.165) is 31.5 Å². The van der Waals surface area contributed by atoms with Crippen LogP contribution in [0.1, 0.15) is 32.0 Å². The molecule has 0 saturated carbocycles. The molecule has 0 amide bonds. The third-order valence-electron chi connectivity index (χ3n) is 2.24.